The van der Waals surface area contributed by atoms with Crippen molar-refractivity contribution in [1.82, 2.24) is 9.71 Å². The highest BCUT2D eigenvalue weighted by Gasteiger charge is 2.37. The Kier molecular flexibility index (Phi) is 3.85. The van der Waals surface area contributed by atoms with Crippen molar-refractivity contribution in [2.24, 2.45) is 0 Å². The lowest BCUT2D eigenvalue weighted by atomic mass is 10.0. The number of sulfonamides is 1. The van der Waals surface area contributed by atoms with Gasteiger partial charge in [0, 0.05) is 23.3 Å². The third-order valence-corrected chi connectivity index (χ3v) is 5.75. The maximum absolute atomic E-state index is 12.2. The van der Waals surface area contributed by atoms with Crippen LogP contribution in [-0.2, 0) is 10.0 Å². The molecule has 17 heavy (non-hydrogen) atoms. The lowest BCUT2D eigenvalue weighted by molar-refractivity contribution is 0.438. The number of hydrogen-bond donors (Lipinski definition) is 1. The highest BCUT2D eigenvalue weighted by atomic mass is 79.9. The van der Waals surface area contributed by atoms with Gasteiger partial charge in [-0.15, -0.1) is 0 Å². The van der Waals surface area contributed by atoms with Crippen LogP contribution in [0.5, 0.6) is 0 Å². The van der Waals surface area contributed by atoms with E-state index in [1.807, 2.05) is 0 Å². The van der Waals surface area contributed by atoms with Gasteiger partial charge in [0.05, 0.1) is 0 Å². The van der Waals surface area contributed by atoms with Crippen molar-refractivity contribution in [3.8, 4) is 0 Å². The fourth-order valence-electron chi connectivity index (χ4n) is 2.16. The molecule has 0 unspecified atom stereocenters. The molecule has 0 saturated heterocycles. The second kappa shape index (κ2) is 5.04. The maximum Gasteiger partial charge on any atom is 0.242 e. The standard InChI is InChI=1S/C11H15BrN2O2S/c12-9-11(5-1-2-6-11)14-17(15,16)10-4-3-7-13-8-10/h3-4,7-8,14H,1-2,5-6,9H2. The first-order valence-corrected chi connectivity index (χ1v) is 8.18. The normalized spacial score (nSPS) is 19.4. The highest BCUT2D eigenvalue weighted by molar-refractivity contribution is 9.09. The zero-order chi connectivity index (χ0) is 12.4. The number of pyridine rings is 1. The summed E-state index contributed by atoms with van der Waals surface area (Å²) in [6, 6.07) is 3.19. The molecule has 1 heterocycles. The Labute approximate surface area is 110 Å². The van der Waals surface area contributed by atoms with Crippen LogP contribution < -0.4 is 4.72 Å². The zero-order valence-electron chi connectivity index (χ0n) is 9.39. The van der Waals surface area contributed by atoms with Gasteiger partial charge in [-0.25, -0.2) is 13.1 Å². The number of aromatic nitrogens is 1. The molecule has 0 aliphatic heterocycles. The first-order valence-electron chi connectivity index (χ1n) is 5.58. The number of rotatable bonds is 4. The first kappa shape index (κ1) is 13.0. The summed E-state index contributed by atoms with van der Waals surface area (Å²) in [6.07, 6.45) is 6.85. The summed E-state index contributed by atoms with van der Waals surface area (Å²) in [5, 5.41) is 0.652. The summed E-state index contributed by atoms with van der Waals surface area (Å²) in [6.45, 7) is 0. The van der Waals surface area contributed by atoms with Crippen LogP contribution in [0.15, 0.2) is 29.4 Å². The van der Waals surface area contributed by atoms with Crippen LogP contribution in [0.4, 0.5) is 0 Å². The van der Waals surface area contributed by atoms with Gasteiger partial charge in [-0.3, -0.25) is 4.98 Å². The molecule has 4 nitrogen and oxygen atoms in total. The average Bonchev–Trinajstić information content (AvgIpc) is 2.79. The summed E-state index contributed by atoms with van der Waals surface area (Å²) in [5.74, 6) is 0. The van der Waals surface area contributed by atoms with E-state index >= 15 is 0 Å². The molecular weight excluding hydrogens is 304 g/mol. The van der Waals surface area contributed by atoms with E-state index in [0.717, 1.165) is 25.7 Å². The molecule has 1 fully saturated rings. The molecule has 6 heteroatoms. The highest BCUT2D eigenvalue weighted by Crippen LogP contribution is 2.32. The third kappa shape index (κ3) is 2.86. The number of nitrogens with zero attached hydrogens (tertiary/aromatic N) is 1. The molecule has 1 N–H and O–H groups in total. The fraction of sp³-hybridized carbons (Fsp3) is 0.545. The Morgan fingerprint density at radius 2 is 2.12 bits per heavy atom. The van der Waals surface area contributed by atoms with Crippen LogP contribution in [0.1, 0.15) is 25.7 Å². The van der Waals surface area contributed by atoms with Gasteiger partial charge in [0.1, 0.15) is 4.90 Å². The molecule has 0 spiro atoms. The largest absolute Gasteiger partial charge is 0.263 e. The number of halogens is 1. The Morgan fingerprint density at radius 3 is 2.65 bits per heavy atom. The van der Waals surface area contributed by atoms with Crippen LogP contribution in [0.3, 0.4) is 0 Å². The van der Waals surface area contributed by atoms with E-state index in [4.69, 9.17) is 0 Å². The predicted molar refractivity (Wildman–Crippen MR) is 69.6 cm³/mol. The van der Waals surface area contributed by atoms with Crippen molar-refractivity contribution in [3.63, 3.8) is 0 Å². The molecule has 1 aliphatic rings. The Balaban J connectivity index is 2.23. The van der Waals surface area contributed by atoms with Gasteiger partial charge >= 0.3 is 0 Å². The monoisotopic (exact) mass is 318 g/mol. The van der Waals surface area contributed by atoms with E-state index in [9.17, 15) is 8.42 Å². The van der Waals surface area contributed by atoms with Crippen LogP contribution in [-0.4, -0.2) is 24.3 Å². The van der Waals surface area contributed by atoms with E-state index in [1.54, 1.807) is 18.3 Å². The summed E-state index contributed by atoms with van der Waals surface area (Å²) in [4.78, 5) is 4.07. The van der Waals surface area contributed by atoms with Crippen molar-refractivity contribution in [3.05, 3.63) is 24.5 Å². The molecule has 0 amide bonds. The van der Waals surface area contributed by atoms with Crippen molar-refractivity contribution in [1.29, 1.82) is 0 Å². The van der Waals surface area contributed by atoms with Gasteiger partial charge < -0.3 is 0 Å². The Hall–Kier alpha value is -0.460. The summed E-state index contributed by atoms with van der Waals surface area (Å²) in [7, 11) is -3.46. The van der Waals surface area contributed by atoms with E-state index in [2.05, 4.69) is 25.6 Å². The van der Waals surface area contributed by atoms with Crippen molar-refractivity contribution >= 4 is 26.0 Å². The van der Waals surface area contributed by atoms with Crippen LogP contribution in [0.25, 0.3) is 0 Å². The van der Waals surface area contributed by atoms with Crippen molar-refractivity contribution in [2.45, 2.75) is 36.1 Å². The molecule has 2 rings (SSSR count). The smallest absolute Gasteiger partial charge is 0.242 e. The lowest BCUT2D eigenvalue weighted by Crippen LogP contribution is -2.47. The first-order chi connectivity index (χ1) is 8.08. The number of nitrogens with one attached hydrogen (secondary N) is 1. The molecule has 0 bridgehead atoms. The lowest BCUT2D eigenvalue weighted by Gasteiger charge is -2.27. The van der Waals surface area contributed by atoms with E-state index in [1.165, 1.54) is 6.20 Å². The molecule has 94 valence electrons. The second-order valence-corrected chi connectivity index (χ2v) is 6.66. The van der Waals surface area contributed by atoms with E-state index < -0.39 is 10.0 Å². The zero-order valence-corrected chi connectivity index (χ0v) is 11.8. The molecular formula is C11H15BrN2O2S. The molecule has 1 saturated carbocycles. The molecule has 1 aliphatic carbocycles. The van der Waals surface area contributed by atoms with Crippen LogP contribution in [0, 0.1) is 0 Å². The summed E-state index contributed by atoms with van der Waals surface area (Å²) in [5.41, 5.74) is -0.325. The third-order valence-electron chi connectivity index (χ3n) is 3.11. The van der Waals surface area contributed by atoms with Gasteiger partial charge in [0.2, 0.25) is 10.0 Å². The molecule has 0 aromatic carbocycles. The predicted octanol–water partition coefficient (Wildman–Crippen LogP) is 2.07. The minimum atomic E-state index is -3.46. The molecule has 0 radical (unpaired) electrons. The van der Waals surface area contributed by atoms with Gasteiger partial charge in [0.15, 0.2) is 0 Å². The topological polar surface area (TPSA) is 59.1 Å². The van der Waals surface area contributed by atoms with Gasteiger partial charge in [0.25, 0.3) is 0 Å². The van der Waals surface area contributed by atoms with Gasteiger partial charge in [-0.05, 0) is 25.0 Å². The van der Waals surface area contributed by atoms with Gasteiger partial charge in [-0.1, -0.05) is 28.8 Å². The van der Waals surface area contributed by atoms with Crippen LogP contribution >= 0.6 is 15.9 Å². The fourth-order valence-corrected chi connectivity index (χ4v) is 4.47. The van der Waals surface area contributed by atoms with E-state index in [-0.39, 0.29) is 10.4 Å². The Bertz CT molecular complexity index is 470. The second-order valence-electron chi connectivity index (χ2n) is 4.42. The minimum Gasteiger partial charge on any atom is -0.263 e. The Morgan fingerprint density at radius 1 is 1.41 bits per heavy atom. The molecule has 0 atom stereocenters. The minimum absolute atomic E-state index is 0.229. The SMILES string of the molecule is O=S(=O)(NC1(CBr)CCCC1)c1cccnc1. The summed E-state index contributed by atoms with van der Waals surface area (Å²) >= 11 is 3.42. The maximum atomic E-state index is 12.2. The number of alkyl halides is 1. The summed E-state index contributed by atoms with van der Waals surface area (Å²) < 4.78 is 27.2. The van der Waals surface area contributed by atoms with Gasteiger partial charge in [-0.2, -0.15) is 0 Å². The van der Waals surface area contributed by atoms with Crippen LogP contribution in [0.2, 0.25) is 0 Å². The molecule has 1 aromatic heterocycles. The van der Waals surface area contributed by atoms with Crippen molar-refractivity contribution < 1.29 is 8.42 Å². The quantitative estimate of drug-likeness (QED) is 0.864. The number of hydrogen-bond acceptors (Lipinski definition) is 3. The van der Waals surface area contributed by atoms with Crippen molar-refractivity contribution in [2.75, 3.05) is 5.33 Å². The van der Waals surface area contributed by atoms with E-state index in [0.29, 0.717) is 5.33 Å². The molecule has 1 aromatic rings. The average molecular weight is 319 g/mol.